The number of nitrogens with two attached hydrogens (primary N) is 1. The van der Waals surface area contributed by atoms with Gasteiger partial charge in [-0.1, -0.05) is 0 Å². The number of nitrogens with one attached hydrogen (secondary N) is 2. The van der Waals surface area contributed by atoms with E-state index in [0.717, 1.165) is 29.5 Å². The molecule has 3 rings (SSSR count). The molecule has 2 aromatic rings. The minimum Gasteiger partial charge on any atom is -0.349 e. The van der Waals surface area contributed by atoms with E-state index in [4.69, 9.17) is 5.73 Å². The smallest absolute Gasteiger partial charge is 0.259 e. The third kappa shape index (κ3) is 4.24. The Kier molecular flexibility index (Phi) is 5.50. The lowest BCUT2D eigenvalue weighted by Crippen LogP contribution is -2.49. The van der Waals surface area contributed by atoms with E-state index >= 15 is 0 Å². The maximum Gasteiger partial charge on any atom is 0.259 e. The summed E-state index contributed by atoms with van der Waals surface area (Å²) in [6.45, 7) is 4.17. The van der Waals surface area contributed by atoms with E-state index in [2.05, 4.69) is 15.3 Å². The van der Waals surface area contributed by atoms with Gasteiger partial charge in [-0.2, -0.15) is 0 Å². The average Bonchev–Trinajstić information content (AvgIpc) is 2.93. The van der Waals surface area contributed by atoms with Gasteiger partial charge in [0.25, 0.3) is 5.56 Å². The van der Waals surface area contributed by atoms with Gasteiger partial charge in [-0.05, 0) is 45.1 Å². The number of aromatic amines is 1. The van der Waals surface area contributed by atoms with E-state index in [9.17, 15) is 9.59 Å². The molecule has 0 fully saturated rings. The van der Waals surface area contributed by atoms with Gasteiger partial charge in [0, 0.05) is 17.0 Å². The molecule has 25 heavy (non-hydrogen) atoms. The molecule has 2 aromatic heterocycles. The summed E-state index contributed by atoms with van der Waals surface area (Å²) in [5.74, 6) is 1.39. The molecule has 1 aliphatic carbocycles. The van der Waals surface area contributed by atoms with Crippen molar-refractivity contribution in [1.29, 1.82) is 0 Å². The Balaban J connectivity index is 1.67. The van der Waals surface area contributed by atoms with E-state index in [1.54, 1.807) is 11.3 Å². The summed E-state index contributed by atoms with van der Waals surface area (Å²) in [5, 5.41) is 3.67. The van der Waals surface area contributed by atoms with Crippen LogP contribution in [0.3, 0.4) is 0 Å². The predicted octanol–water partition coefficient (Wildman–Crippen LogP) is 1.95. The largest absolute Gasteiger partial charge is 0.349 e. The van der Waals surface area contributed by atoms with Crippen LogP contribution in [0.1, 0.15) is 43.0 Å². The molecule has 4 N–H and O–H groups in total. The Bertz CT molecular complexity index is 841. The van der Waals surface area contributed by atoms with Crippen LogP contribution in [-0.4, -0.2) is 33.7 Å². The van der Waals surface area contributed by atoms with Gasteiger partial charge in [-0.3, -0.25) is 9.59 Å². The highest BCUT2D eigenvalue weighted by molar-refractivity contribution is 7.99. The van der Waals surface area contributed by atoms with Crippen LogP contribution in [0.5, 0.6) is 0 Å². The van der Waals surface area contributed by atoms with Gasteiger partial charge in [-0.25, -0.2) is 4.98 Å². The van der Waals surface area contributed by atoms with Crippen molar-refractivity contribution in [3.8, 4) is 0 Å². The van der Waals surface area contributed by atoms with Crippen LogP contribution in [0.25, 0.3) is 10.2 Å². The molecule has 0 saturated carbocycles. The second-order valence-electron chi connectivity index (χ2n) is 7.03. The molecule has 6 nitrogen and oxygen atoms in total. The number of nitrogens with zero attached hydrogens (tertiary/aromatic N) is 1. The number of rotatable bonds is 6. The van der Waals surface area contributed by atoms with Crippen molar-refractivity contribution in [2.45, 2.75) is 50.8 Å². The Hall–Kier alpha value is -1.38. The fourth-order valence-electron chi connectivity index (χ4n) is 2.98. The molecule has 1 aliphatic rings. The minimum absolute atomic E-state index is 0.0475. The normalized spacial score (nSPS) is 14.5. The Morgan fingerprint density at radius 3 is 2.92 bits per heavy atom. The van der Waals surface area contributed by atoms with Gasteiger partial charge in [-0.15, -0.1) is 23.1 Å². The van der Waals surface area contributed by atoms with Crippen molar-refractivity contribution in [1.82, 2.24) is 15.3 Å². The molecule has 0 aliphatic heterocycles. The number of aryl methyl sites for hydroxylation is 2. The second kappa shape index (κ2) is 7.47. The summed E-state index contributed by atoms with van der Waals surface area (Å²) in [5.41, 5.74) is 6.36. The first-order valence-electron chi connectivity index (χ1n) is 8.52. The van der Waals surface area contributed by atoms with Crippen LogP contribution in [0.4, 0.5) is 0 Å². The standard InChI is InChI=1S/C17H24N4O2S2/c1-17(2,9-18)21-13(22)8-24-7-12-19-15(23)14-10-5-3-4-6-11(10)25-16(14)20-12/h3-9,18H2,1-2H3,(H,21,22)(H,19,20,23). The number of hydrogen-bond donors (Lipinski definition) is 3. The van der Waals surface area contributed by atoms with Crippen LogP contribution in [-0.2, 0) is 23.4 Å². The van der Waals surface area contributed by atoms with Crippen LogP contribution < -0.4 is 16.6 Å². The molecule has 0 spiro atoms. The molecule has 0 bridgehead atoms. The zero-order chi connectivity index (χ0) is 18.0. The summed E-state index contributed by atoms with van der Waals surface area (Å²) in [7, 11) is 0. The third-order valence-electron chi connectivity index (χ3n) is 4.33. The van der Waals surface area contributed by atoms with E-state index in [-0.39, 0.29) is 11.5 Å². The highest BCUT2D eigenvalue weighted by atomic mass is 32.2. The number of thioether (sulfide) groups is 1. The van der Waals surface area contributed by atoms with Crippen LogP contribution in [0.15, 0.2) is 4.79 Å². The quantitative estimate of drug-likeness (QED) is 0.711. The van der Waals surface area contributed by atoms with Crippen molar-refractivity contribution in [2.75, 3.05) is 12.3 Å². The van der Waals surface area contributed by atoms with Crippen molar-refractivity contribution in [2.24, 2.45) is 5.73 Å². The first-order chi connectivity index (χ1) is 11.9. The number of amides is 1. The predicted molar refractivity (Wildman–Crippen MR) is 104 cm³/mol. The van der Waals surface area contributed by atoms with Gasteiger partial charge in [0.1, 0.15) is 10.7 Å². The summed E-state index contributed by atoms with van der Waals surface area (Å²) >= 11 is 3.08. The summed E-state index contributed by atoms with van der Waals surface area (Å²) in [6.07, 6.45) is 4.36. The number of H-pyrrole nitrogens is 1. The maximum atomic E-state index is 12.5. The molecule has 0 unspecified atom stereocenters. The molecule has 0 radical (unpaired) electrons. The molecular weight excluding hydrogens is 356 g/mol. The van der Waals surface area contributed by atoms with Crippen molar-refractivity contribution in [3.63, 3.8) is 0 Å². The van der Waals surface area contributed by atoms with Gasteiger partial charge < -0.3 is 16.0 Å². The first-order valence-corrected chi connectivity index (χ1v) is 10.5. The zero-order valence-electron chi connectivity index (χ0n) is 14.6. The topological polar surface area (TPSA) is 101 Å². The zero-order valence-corrected chi connectivity index (χ0v) is 16.2. The Morgan fingerprint density at radius 2 is 2.16 bits per heavy atom. The van der Waals surface area contributed by atoms with Gasteiger partial charge >= 0.3 is 0 Å². The molecule has 0 atom stereocenters. The number of carbonyl (C=O) groups excluding carboxylic acids is 1. The number of carbonyl (C=O) groups is 1. The van der Waals surface area contributed by atoms with Crippen molar-refractivity contribution < 1.29 is 4.79 Å². The lowest BCUT2D eigenvalue weighted by atomic mass is 9.97. The summed E-state index contributed by atoms with van der Waals surface area (Å²) < 4.78 is 0. The highest BCUT2D eigenvalue weighted by Gasteiger charge is 2.20. The number of fused-ring (bicyclic) bond motifs is 3. The lowest BCUT2D eigenvalue weighted by molar-refractivity contribution is -0.120. The summed E-state index contributed by atoms with van der Waals surface area (Å²) in [6, 6.07) is 0. The molecular formula is C17H24N4O2S2. The average molecular weight is 381 g/mol. The Labute approximate surface area is 155 Å². The molecule has 136 valence electrons. The number of hydrogen-bond acceptors (Lipinski definition) is 6. The van der Waals surface area contributed by atoms with Crippen LogP contribution in [0, 0.1) is 0 Å². The fourth-order valence-corrected chi connectivity index (χ4v) is 4.95. The molecule has 8 heteroatoms. The second-order valence-corrected chi connectivity index (χ2v) is 9.10. The van der Waals surface area contributed by atoms with Crippen LogP contribution >= 0.6 is 23.1 Å². The highest BCUT2D eigenvalue weighted by Crippen LogP contribution is 2.33. The molecule has 0 saturated heterocycles. The van der Waals surface area contributed by atoms with Gasteiger partial charge in [0.05, 0.1) is 16.9 Å². The maximum absolute atomic E-state index is 12.5. The molecule has 1 amide bonds. The van der Waals surface area contributed by atoms with Crippen LogP contribution in [0.2, 0.25) is 0 Å². The number of thiophene rings is 1. The SMILES string of the molecule is CC(C)(CN)NC(=O)CSCc1nc2sc3c(c2c(=O)[nH]1)CCCC3. The van der Waals surface area contributed by atoms with E-state index in [1.165, 1.54) is 28.6 Å². The van der Waals surface area contributed by atoms with E-state index in [1.807, 2.05) is 13.8 Å². The number of aromatic nitrogens is 2. The molecule has 0 aromatic carbocycles. The third-order valence-corrected chi connectivity index (χ3v) is 6.46. The first kappa shape index (κ1) is 18.4. The van der Waals surface area contributed by atoms with E-state index < -0.39 is 5.54 Å². The lowest BCUT2D eigenvalue weighted by Gasteiger charge is -2.23. The fraction of sp³-hybridized carbons (Fsp3) is 0.588. The Morgan fingerprint density at radius 1 is 1.40 bits per heavy atom. The summed E-state index contributed by atoms with van der Waals surface area (Å²) in [4.78, 5) is 34.1. The van der Waals surface area contributed by atoms with Gasteiger partial charge in [0.15, 0.2) is 0 Å². The minimum atomic E-state index is -0.404. The van der Waals surface area contributed by atoms with Gasteiger partial charge in [0.2, 0.25) is 5.91 Å². The van der Waals surface area contributed by atoms with Crippen molar-refractivity contribution >= 4 is 39.2 Å². The van der Waals surface area contributed by atoms with Crippen molar-refractivity contribution in [3.05, 3.63) is 26.6 Å². The van der Waals surface area contributed by atoms with E-state index in [0.29, 0.717) is 23.9 Å². The molecule has 2 heterocycles. The monoisotopic (exact) mass is 380 g/mol.